The standard InChI is InChI=1S/C43H85N2/c1-4-7-10-13-16-19-21-22-23-25-28-31-34-37-40-45-42-41-44(39-36-33-30-27-24-20-17-14-11-8-5-2)43(45)38-35-32-29-26-18-15-12-9-6-3/h41-42H,4-40H2,1-3H3/q+1. The zero-order chi connectivity index (χ0) is 32.3. The van der Waals surface area contributed by atoms with Gasteiger partial charge >= 0.3 is 0 Å². The number of aromatic nitrogens is 2. The molecule has 0 spiro atoms. The summed E-state index contributed by atoms with van der Waals surface area (Å²) in [6.07, 6.45) is 54.8. The first-order valence-corrected chi connectivity index (χ1v) is 21.4. The minimum atomic E-state index is 1.23. The highest BCUT2D eigenvalue weighted by molar-refractivity contribution is 4.84. The molecule has 0 aliphatic rings. The number of imidazole rings is 1. The zero-order valence-corrected chi connectivity index (χ0v) is 31.7. The first kappa shape index (κ1) is 42.2. The lowest BCUT2D eigenvalue weighted by Crippen LogP contribution is -2.37. The second-order valence-electron chi connectivity index (χ2n) is 14.8. The Hall–Kier alpha value is -0.790. The number of unbranched alkanes of at least 4 members (excludes halogenated alkanes) is 31. The molecule has 0 aromatic carbocycles. The van der Waals surface area contributed by atoms with E-state index in [1.807, 2.05) is 0 Å². The number of rotatable bonds is 37. The van der Waals surface area contributed by atoms with Crippen molar-refractivity contribution in [1.29, 1.82) is 0 Å². The molecule has 45 heavy (non-hydrogen) atoms. The molecule has 0 saturated carbocycles. The maximum Gasteiger partial charge on any atom is 0.256 e. The molecule has 0 amide bonds. The fourth-order valence-corrected chi connectivity index (χ4v) is 7.21. The van der Waals surface area contributed by atoms with Crippen LogP contribution in [0, 0.1) is 0 Å². The maximum absolute atomic E-state index is 2.64. The Morgan fingerprint density at radius 1 is 0.378 bits per heavy atom. The van der Waals surface area contributed by atoms with Crippen LogP contribution < -0.4 is 4.57 Å². The normalized spacial score (nSPS) is 11.6. The lowest BCUT2D eigenvalue weighted by Gasteiger charge is -2.07. The Kier molecular flexibility index (Phi) is 32.4. The van der Waals surface area contributed by atoms with Gasteiger partial charge in [0.1, 0.15) is 12.4 Å². The third-order valence-electron chi connectivity index (χ3n) is 10.3. The summed E-state index contributed by atoms with van der Waals surface area (Å²) in [7, 11) is 0. The smallest absolute Gasteiger partial charge is 0.234 e. The van der Waals surface area contributed by atoms with Crippen LogP contribution in [0.1, 0.15) is 245 Å². The molecule has 0 aliphatic heterocycles. The molecule has 266 valence electrons. The lowest BCUT2D eigenvalue weighted by atomic mass is 10.0. The van der Waals surface area contributed by atoms with Gasteiger partial charge in [0.15, 0.2) is 0 Å². The van der Waals surface area contributed by atoms with Gasteiger partial charge in [0.25, 0.3) is 5.82 Å². The third kappa shape index (κ3) is 26.9. The van der Waals surface area contributed by atoms with Crippen molar-refractivity contribution in [2.24, 2.45) is 0 Å². The van der Waals surface area contributed by atoms with Gasteiger partial charge < -0.3 is 0 Å². The van der Waals surface area contributed by atoms with Gasteiger partial charge in [-0.3, -0.25) is 0 Å². The van der Waals surface area contributed by atoms with Gasteiger partial charge in [-0.15, -0.1) is 0 Å². The molecule has 2 heteroatoms. The van der Waals surface area contributed by atoms with Crippen LogP contribution in [0.5, 0.6) is 0 Å². The average molecular weight is 630 g/mol. The molecule has 1 heterocycles. The predicted molar refractivity (Wildman–Crippen MR) is 202 cm³/mol. The van der Waals surface area contributed by atoms with Crippen LogP contribution in [-0.4, -0.2) is 4.57 Å². The quantitative estimate of drug-likeness (QED) is 0.0511. The molecular weight excluding hydrogens is 544 g/mol. The highest BCUT2D eigenvalue weighted by Gasteiger charge is 2.16. The molecule has 0 N–H and O–H groups in total. The summed E-state index contributed by atoms with van der Waals surface area (Å²) in [5.74, 6) is 1.62. The lowest BCUT2D eigenvalue weighted by molar-refractivity contribution is -0.704. The van der Waals surface area contributed by atoms with E-state index in [2.05, 4.69) is 42.3 Å². The molecule has 2 nitrogen and oxygen atoms in total. The molecule has 1 aromatic rings. The molecule has 0 atom stereocenters. The van der Waals surface area contributed by atoms with E-state index in [1.165, 1.54) is 238 Å². The van der Waals surface area contributed by atoms with Crippen molar-refractivity contribution < 1.29 is 4.57 Å². The van der Waals surface area contributed by atoms with Gasteiger partial charge in [0.2, 0.25) is 0 Å². The van der Waals surface area contributed by atoms with E-state index in [0.29, 0.717) is 0 Å². The number of hydrogen-bond donors (Lipinski definition) is 0. The molecule has 0 unspecified atom stereocenters. The highest BCUT2D eigenvalue weighted by Crippen LogP contribution is 2.16. The van der Waals surface area contributed by atoms with Crippen LogP contribution in [0.2, 0.25) is 0 Å². The number of aryl methyl sites for hydroxylation is 2. The second kappa shape index (κ2) is 34.5. The number of nitrogens with zero attached hydrogens (tertiary/aromatic N) is 2. The Balaban J connectivity index is 2.27. The summed E-state index contributed by atoms with van der Waals surface area (Å²) in [6, 6.07) is 0. The van der Waals surface area contributed by atoms with Crippen LogP contribution in [0.25, 0.3) is 0 Å². The Bertz CT molecular complexity index is 692. The summed E-state index contributed by atoms with van der Waals surface area (Å²) in [6.45, 7) is 9.41. The average Bonchev–Trinajstić information content (AvgIpc) is 3.43. The largest absolute Gasteiger partial charge is 0.256 e. The number of hydrogen-bond acceptors (Lipinski definition) is 0. The molecule has 0 fully saturated rings. The van der Waals surface area contributed by atoms with Gasteiger partial charge in [0, 0.05) is 6.42 Å². The fourth-order valence-electron chi connectivity index (χ4n) is 7.21. The minimum absolute atomic E-state index is 1.23. The van der Waals surface area contributed by atoms with Crippen molar-refractivity contribution in [3.63, 3.8) is 0 Å². The van der Waals surface area contributed by atoms with E-state index >= 15 is 0 Å². The first-order valence-electron chi connectivity index (χ1n) is 21.4. The van der Waals surface area contributed by atoms with E-state index < -0.39 is 0 Å². The van der Waals surface area contributed by atoms with Crippen molar-refractivity contribution in [2.45, 2.75) is 259 Å². The van der Waals surface area contributed by atoms with Crippen molar-refractivity contribution in [2.75, 3.05) is 0 Å². The van der Waals surface area contributed by atoms with Crippen LogP contribution in [0.4, 0.5) is 0 Å². The van der Waals surface area contributed by atoms with Gasteiger partial charge in [-0.2, -0.15) is 0 Å². The predicted octanol–water partition coefficient (Wildman–Crippen LogP) is 14.6. The van der Waals surface area contributed by atoms with Gasteiger partial charge in [-0.1, -0.05) is 207 Å². The molecule has 1 aromatic heterocycles. The Morgan fingerprint density at radius 3 is 1.07 bits per heavy atom. The van der Waals surface area contributed by atoms with Gasteiger partial charge in [-0.05, 0) is 32.1 Å². The summed E-state index contributed by atoms with van der Waals surface area (Å²) in [5.41, 5.74) is 0. The van der Waals surface area contributed by atoms with Crippen LogP contribution in [-0.2, 0) is 19.5 Å². The molecule has 1 rings (SSSR count). The molecular formula is C43H85N2+. The minimum Gasteiger partial charge on any atom is -0.234 e. The zero-order valence-electron chi connectivity index (χ0n) is 31.7. The van der Waals surface area contributed by atoms with E-state index in [1.54, 1.807) is 5.82 Å². The third-order valence-corrected chi connectivity index (χ3v) is 10.3. The van der Waals surface area contributed by atoms with Crippen molar-refractivity contribution in [3.05, 3.63) is 18.2 Å². The second-order valence-corrected chi connectivity index (χ2v) is 14.8. The van der Waals surface area contributed by atoms with E-state index in [9.17, 15) is 0 Å². The molecule has 0 bridgehead atoms. The summed E-state index contributed by atoms with van der Waals surface area (Å²) < 4.78 is 5.28. The van der Waals surface area contributed by atoms with Crippen molar-refractivity contribution in [1.82, 2.24) is 4.57 Å². The van der Waals surface area contributed by atoms with Crippen LogP contribution in [0.3, 0.4) is 0 Å². The van der Waals surface area contributed by atoms with Gasteiger partial charge in [0.05, 0.1) is 13.1 Å². The molecule has 0 saturated heterocycles. The van der Waals surface area contributed by atoms with E-state index in [-0.39, 0.29) is 0 Å². The monoisotopic (exact) mass is 630 g/mol. The van der Waals surface area contributed by atoms with Gasteiger partial charge in [-0.25, -0.2) is 9.13 Å². The summed E-state index contributed by atoms with van der Waals surface area (Å²) >= 11 is 0. The first-order chi connectivity index (χ1) is 22.3. The topological polar surface area (TPSA) is 8.81 Å². The van der Waals surface area contributed by atoms with Crippen LogP contribution >= 0.6 is 0 Å². The SMILES string of the molecule is CCCCCCCCCCCCCCCC[n+]1ccn(CCCCCCCCCCCCC)c1CCCCCCCCCCC. The van der Waals surface area contributed by atoms with E-state index in [0.717, 1.165) is 0 Å². The Labute approximate surface area is 285 Å². The molecule has 0 aliphatic carbocycles. The fraction of sp³-hybridized carbons (Fsp3) is 0.930. The summed E-state index contributed by atoms with van der Waals surface area (Å²) in [5, 5.41) is 0. The van der Waals surface area contributed by atoms with Crippen LogP contribution in [0.15, 0.2) is 12.4 Å². The maximum atomic E-state index is 2.64. The highest BCUT2D eigenvalue weighted by atomic mass is 15.1. The van der Waals surface area contributed by atoms with Crippen molar-refractivity contribution >= 4 is 0 Å². The summed E-state index contributed by atoms with van der Waals surface area (Å²) in [4.78, 5) is 0. The molecule has 0 radical (unpaired) electrons. The van der Waals surface area contributed by atoms with Crippen molar-refractivity contribution in [3.8, 4) is 0 Å². The van der Waals surface area contributed by atoms with E-state index in [4.69, 9.17) is 0 Å². The Morgan fingerprint density at radius 2 is 0.689 bits per heavy atom.